The number of rotatable bonds is 2. The second kappa shape index (κ2) is 9.86. The van der Waals surface area contributed by atoms with E-state index in [1.54, 1.807) is 0 Å². The maximum Gasteiger partial charge on any atom is 0.171 e. The Kier molecular flexibility index (Phi) is 7.45. The van der Waals surface area contributed by atoms with Gasteiger partial charge in [0.05, 0.1) is 18.8 Å². The molecule has 12 atom stereocenters. The molecule has 0 bridgehead atoms. The number of hydrogen-bond donors (Lipinski definition) is 2. The standard InChI is InChI=1S/C27H44O3.C4H10O/c1-16-7-12-27(29-15-16)17(2)24-23(30-27)14-22-20-6-5-18-13-19(28)8-10-25(18,3)21(20)9-11-26(22,24)4;1-2-3-4-5/h16-24,28H,5-15H2,1-4H3;5H,2-4H2,1H3/t16-,17-,18+,19-,20+,21-,22-,23-,24-,25-,26-,27+;/m0./s1. The lowest BCUT2D eigenvalue weighted by atomic mass is 9.44. The summed E-state index contributed by atoms with van der Waals surface area (Å²) in [6, 6.07) is 0. The molecule has 2 saturated heterocycles. The summed E-state index contributed by atoms with van der Waals surface area (Å²) in [5.74, 6) is 4.93. The highest BCUT2D eigenvalue weighted by molar-refractivity contribution is 5.15. The molecule has 0 amide bonds. The molecule has 4 heteroatoms. The highest BCUT2D eigenvalue weighted by Crippen LogP contribution is 2.71. The predicted molar refractivity (Wildman–Crippen MR) is 140 cm³/mol. The van der Waals surface area contributed by atoms with Crippen LogP contribution in [0.4, 0.5) is 0 Å². The first-order valence-electron chi connectivity index (χ1n) is 15.3. The molecule has 0 aromatic heterocycles. The first-order valence-corrected chi connectivity index (χ1v) is 15.3. The number of aliphatic hydroxyl groups excluding tert-OH is 2. The third-order valence-corrected chi connectivity index (χ3v) is 12.4. The summed E-state index contributed by atoms with van der Waals surface area (Å²) in [4.78, 5) is 0. The smallest absolute Gasteiger partial charge is 0.171 e. The van der Waals surface area contributed by atoms with Crippen molar-refractivity contribution < 1.29 is 19.7 Å². The highest BCUT2D eigenvalue weighted by Gasteiger charge is 2.69. The number of fused-ring (bicyclic) bond motifs is 7. The molecule has 0 aromatic rings. The third-order valence-electron chi connectivity index (χ3n) is 12.4. The number of aliphatic hydroxyl groups is 2. The largest absolute Gasteiger partial charge is 0.396 e. The van der Waals surface area contributed by atoms with Gasteiger partial charge in [-0.3, -0.25) is 0 Å². The van der Waals surface area contributed by atoms with Crippen molar-refractivity contribution in [1.29, 1.82) is 0 Å². The number of unbranched alkanes of at least 4 members (excludes halogenated alkanes) is 1. The van der Waals surface area contributed by atoms with E-state index < -0.39 is 0 Å². The van der Waals surface area contributed by atoms with Gasteiger partial charge in [-0.05, 0) is 111 Å². The Morgan fingerprint density at radius 1 is 0.886 bits per heavy atom. The summed E-state index contributed by atoms with van der Waals surface area (Å²) in [7, 11) is 0. The maximum atomic E-state index is 10.3. The van der Waals surface area contributed by atoms with Crippen LogP contribution in [-0.2, 0) is 9.47 Å². The molecule has 202 valence electrons. The predicted octanol–water partition coefficient (Wildman–Crippen LogP) is 6.57. The van der Waals surface area contributed by atoms with Crippen LogP contribution in [0.1, 0.15) is 112 Å². The van der Waals surface area contributed by atoms with Crippen molar-refractivity contribution in [2.24, 2.45) is 52.3 Å². The van der Waals surface area contributed by atoms with Crippen LogP contribution in [0.2, 0.25) is 0 Å². The molecule has 2 N–H and O–H groups in total. The van der Waals surface area contributed by atoms with Gasteiger partial charge in [0, 0.05) is 18.9 Å². The molecule has 0 aromatic carbocycles. The number of hydrogen-bond acceptors (Lipinski definition) is 4. The summed E-state index contributed by atoms with van der Waals surface area (Å²) in [5, 5.41) is 18.4. The topological polar surface area (TPSA) is 58.9 Å². The molecule has 6 fully saturated rings. The Bertz CT molecular complexity index is 729. The monoisotopic (exact) mass is 490 g/mol. The maximum absolute atomic E-state index is 10.3. The van der Waals surface area contributed by atoms with Gasteiger partial charge < -0.3 is 19.7 Å². The average Bonchev–Trinajstić information content (AvgIpc) is 3.27. The Labute approximate surface area is 214 Å². The van der Waals surface area contributed by atoms with E-state index >= 15 is 0 Å². The SMILES string of the molecule is CCCCO.C[C@H]1CC[C@@]2(OC1)O[C@H]1C[C@H]3[C@@H]4CC[C@@H]5C[C@@H](O)CC[C@]5(C)[C@H]4CC[C@]3(C)[C@H]1[C@@H]2C. The number of ether oxygens (including phenoxy) is 2. The summed E-state index contributed by atoms with van der Waals surface area (Å²) in [6.07, 6.45) is 14.9. The minimum absolute atomic E-state index is 0.0389. The second-order valence-corrected chi connectivity index (χ2v) is 14.2. The minimum Gasteiger partial charge on any atom is -0.396 e. The molecule has 6 aliphatic rings. The zero-order chi connectivity index (χ0) is 25.0. The Morgan fingerprint density at radius 2 is 1.66 bits per heavy atom. The van der Waals surface area contributed by atoms with Crippen molar-refractivity contribution in [2.45, 2.75) is 130 Å². The fourth-order valence-corrected chi connectivity index (χ4v) is 10.4. The Balaban J connectivity index is 0.000000464. The molecule has 2 aliphatic heterocycles. The van der Waals surface area contributed by atoms with Crippen LogP contribution >= 0.6 is 0 Å². The van der Waals surface area contributed by atoms with Gasteiger partial charge in [-0.15, -0.1) is 0 Å². The van der Waals surface area contributed by atoms with Gasteiger partial charge in [0.2, 0.25) is 0 Å². The fourth-order valence-electron chi connectivity index (χ4n) is 10.4. The van der Waals surface area contributed by atoms with Gasteiger partial charge in [-0.1, -0.05) is 41.0 Å². The van der Waals surface area contributed by atoms with Gasteiger partial charge in [-0.25, -0.2) is 0 Å². The van der Waals surface area contributed by atoms with E-state index in [1.807, 2.05) is 0 Å². The lowest BCUT2D eigenvalue weighted by Gasteiger charge is -2.61. The van der Waals surface area contributed by atoms with E-state index in [-0.39, 0.29) is 11.9 Å². The lowest BCUT2D eigenvalue weighted by molar-refractivity contribution is -0.273. The van der Waals surface area contributed by atoms with Crippen molar-refractivity contribution in [1.82, 2.24) is 0 Å². The zero-order valence-electron chi connectivity index (χ0n) is 23.3. The van der Waals surface area contributed by atoms with E-state index in [0.29, 0.717) is 41.3 Å². The van der Waals surface area contributed by atoms with Gasteiger partial charge in [0.25, 0.3) is 0 Å². The van der Waals surface area contributed by atoms with Crippen LogP contribution in [0.3, 0.4) is 0 Å². The van der Waals surface area contributed by atoms with Crippen LogP contribution in [0, 0.1) is 52.3 Å². The van der Waals surface area contributed by atoms with Crippen molar-refractivity contribution in [3.8, 4) is 0 Å². The van der Waals surface area contributed by atoms with Gasteiger partial charge in [0.1, 0.15) is 0 Å². The molecular formula is C31H54O4. The van der Waals surface area contributed by atoms with Crippen molar-refractivity contribution in [2.75, 3.05) is 13.2 Å². The molecule has 4 aliphatic carbocycles. The molecule has 0 radical (unpaired) electrons. The van der Waals surface area contributed by atoms with E-state index in [9.17, 15) is 5.11 Å². The Morgan fingerprint density at radius 3 is 2.31 bits per heavy atom. The summed E-state index contributed by atoms with van der Waals surface area (Å²) < 4.78 is 13.4. The molecule has 2 heterocycles. The molecule has 35 heavy (non-hydrogen) atoms. The van der Waals surface area contributed by atoms with Crippen molar-refractivity contribution >= 4 is 0 Å². The second-order valence-electron chi connectivity index (χ2n) is 14.2. The van der Waals surface area contributed by atoms with E-state index in [0.717, 1.165) is 62.4 Å². The normalized spacial score (nSPS) is 54.8. The van der Waals surface area contributed by atoms with Crippen molar-refractivity contribution in [3.63, 3.8) is 0 Å². The molecule has 1 spiro atoms. The zero-order valence-corrected chi connectivity index (χ0v) is 23.3. The molecule has 4 saturated carbocycles. The lowest BCUT2D eigenvalue weighted by Crippen LogP contribution is -2.55. The average molecular weight is 491 g/mol. The first kappa shape index (κ1) is 26.4. The Hall–Kier alpha value is -0.160. The van der Waals surface area contributed by atoms with Crippen LogP contribution in [0.15, 0.2) is 0 Å². The van der Waals surface area contributed by atoms with Gasteiger partial charge >= 0.3 is 0 Å². The van der Waals surface area contributed by atoms with Crippen LogP contribution in [0.25, 0.3) is 0 Å². The van der Waals surface area contributed by atoms with E-state index in [4.69, 9.17) is 14.6 Å². The van der Waals surface area contributed by atoms with Gasteiger partial charge in [0.15, 0.2) is 5.79 Å². The first-order chi connectivity index (χ1) is 16.7. The summed E-state index contributed by atoms with van der Waals surface area (Å²) >= 11 is 0. The van der Waals surface area contributed by atoms with Gasteiger partial charge in [-0.2, -0.15) is 0 Å². The van der Waals surface area contributed by atoms with Crippen LogP contribution in [-0.4, -0.2) is 41.4 Å². The third kappa shape index (κ3) is 4.25. The molecular weight excluding hydrogens is 436 g/mol. The summed E-state index contributed by atoms with van der Waals surface area (Å²) in [5.41, 5.74) is 0.899. The molecule has 6 rings (SSSR count). The van der Waals surface area contributed by atoms with Crippen molar-refractivity contribution in [3.05, 3.63) is 0 Å². The molecule has 4 nitrogen and oxygen atoms in total. The van der Waals surface area contributed by atoms with E-state index in [1.165, 1.54) is 44.9 Å². The fraction of sp³-hybridized carbons (Fsp3) is 1.00. The minimum atomic E-state index is -0.282. The quantitative estimate of drug-likeness (QED) is 0.459. The molecule has 0 unspecified atom stereocenters. The highest BCUT2D eigenvalue weighted by atomic mass is 16.7. The van der Waals surface area contributed by atoms with Crippen LogP contribution < -0.4 is 0 Å². The van der Waals surface area contributed by atoms with Crippen LogP contribution in [0.5, 0.6) is 0 Å². The summed E-state index contributed by atoms with van der Waals surface area (Å²) in [6.45, 7) is 13.3. The van der Waals surface area contributed by atoms with E-state index in [2.05, 4.69) is 34.6 Å².